The standard InChI is InChI=1S/C31H40FN5O4/c1-19-14-22(15-20(2)40-19)24-16-25(21-8-10-23(32)11-9-21)34-37-17-26(33-27(24)37)28(38)36-13-12-35(18-31(36,6)7)29(39)41-30(3,4)5/h8-11,16-17,19-20,22H,12-15,18H2,1-7H3/t19-,20+,22?. The third-order valence-electron chi connectivity index (χ3n) is 7.75. The van der Waals surface area contributed by atoms with E-state index in [1.807, 2.05) is 40.7 Å². The maximum atomic E-state index is 13.9. The average molecular weight is 566 g/mol. The highest BCUT2D eigenvalue weighted by Gasteiger charge is 2.41. The molecule has 0 bridgehead atoms. The first-order valence-electron chi connectivity index (χ1n) is 14.3. The van der Waals surface area contributed by atoms with E-state index >= 15 is 0 Å². The van der Waals surface area contributed by atoms with Gasteiger partial charge >= 0.3 is 6.09 Å². The molecule has 2 aliphatic rings. The molecule has 4 heterocycles. The molecular formula is C31H40FN5O4. The Morgan fingerprint density at radius 3 is 2.34 bits per heavy atom. The summed E-state index contributed by atoms with van der Waals surface area (Å²) in [7, 11) is 0. The molecule has 2 aromatic heterocycles. The number of ether oxygens (including phenoxy) is 2. The number of benzene rings is 1. The van der Waals surface area contributed by atoms with Crippen molar-refractivity contribution in [2.45, 2.75) is 90.6 Å². The summed E-state index contributed by atoms with van der Waals surface area (Å²) >= 11 is 0. The Hall–Kier alpha value is -3.53. The van der Waals surface area contributed by atoms with Gasteiger partial charge in [-0.25, -0.2) is 18.7 Å². The quantitative estimate of drug-likeness (QED) is 0.406. The number of carbonyl (C=O) groups excluding carboxylic acids is 2. The van der Waals surface area contributed by atoms with Gasteiger partial charge in [0.15, 0.2) is 5.65 Å². The molecule has 2 saturated heterocycles. The number of halogens is 1. The molecule has 2 aliphatic heterocycles. The van der Waals surface area contributed by atoms with Crippen LogP contribution in [0.3, 0.4) is 0 Å². The molecule has 2 amide bonds. The third-order valence-corrected chi connectivity index (χ3v) is 7.75. The first-order valence-corrected chi connectivity index (χ1v) is 14.3. The van der Waals surface area contributed by atoms with Crippen LogP contribution >= 0.6 is 0 Å². The van der Waals surface area contributed by atoms with Crippen LogP contribution < -0.4 is 0 Å². The molecule has 220 valence electrons. The summed E-state index contributed by atoms with van der Waals surface area (Å²) in [5.41, 5.74) is 2.16. The molecule has 41 heavy (non-hydrogen) atoms. The van der Waals surface area contributed by atoms with E-state index in [2.05, 4.69) is 13.8 Å². The molecule has 5 rings (SSSR count). The fraction of sp³-hybridized carbons (Fsp3) is 0.548. The Morgan fingerprint density at radius 1 is 1.07 bits per heavy atom. The second kappa shape index (κ2) is 10.7. The smallest absolute Gasteiger partial charge is 0.410 e. The Kier molecular flexibility index (Phi) is 7.57. The van der Waals surface area contributed by atoms with Crippen LogP contribution in [-0.4, -0.2) is 79.4 Å². The predicted octanol–water partition coefficient (Wildman–Crippen LogP) is 5.68. The van der Waals surface area contributed by atoms with Gasteiger partial charge in [0.1, 0.15) is 17.1 Å². The highest BCUT2D eigenvalue weighted by molar-refractivity contribution is 5.94. The van der Waals surface area contributed by atoms with E-state index < -0.39 is 11.1 Å². The van der Waals surface area contributed by atoms with E-state index in [0.717, 1.165) is 24.0 Å². The molecule has 2 fully saturated rings. The second-order valence-corrected chi connectivity index (χ2v) is 13.0. The van der Waals surface area contributed by atoms with Gasteiger partial charge < -0.3 is 19.3 Å². The van der Waals surface area contributed by atoms with Crippen LogP contribution in [0.2, 0.25) is 0 Å². The van der Waals surface area contributed by atoms with Gasteiger partial charge in [-0.15, -0.1) is 0 Å². The number of nitrogens with zero attached hydrogens (tertiary/aromatic N) is 5. The van der Waals surface area contributed by atoms with E-state index in [-0.39, 0.29) is 35.9 Å². The number of carbonyl (C=O) groups is 2. The van der Waals surface area contributed by atoms with Crippen molar-refractivity contribution in [2.75, 3.05) is 19.6 Å². The summed E-state index contributed by atoms with van der Waals surface area (Å²) in [4.78, 5) is 34.9. The zero-order valence-electron chi connectivity index (χ0n) is 25.0. The molecule has 0 aliphatic carbocycles. The number of rotatable bonds is 3. The molecule has 0 radical (unpaired) electrons. The number of aromatic nitrogens is 3. The molecule has 9 nitrogen and oxygen atoms in total. The van der Waals surface area contributed by atoms with Crippen molar-refractivity contribution in [2.24, 2.45) is 0 Å². The molecule has 0 saturated carbocycles. The highest BCUT2D eigenvalue weighted by Crippen LogP contribution is 2.37. The topological polar surface area (TPSA) is 89.3 Å². The van der Waals surface area contributed by atoms with Crippen molar-refractivity contribution in [3.63, 3.8) is 0 Å². The highest BCUT2D eigenvalue weighted by atomic mass is 19.1. The lowest BCUT2D eigenvalue weighted by Crippen LogP contribution is -2.62. The molecular weight excluding hydrogens is 525 g/mol. The largest absolute Gasteiger partial charge is 0.444 e. The van der Waals surface area contributed by atoms with Gasteiger partial charge in [0, 0.05) is 30.8 Å². The van der Waals surface area contributed by atoms with E-state index in [1.165, 1.54) is 12.1 Å². The van der Waals surface area contributed by atoms with Crippen LogP contribution in [0, 0.1) is 5.82 Å². The minimum atomic E-state index is -0.636. The predicted molar refractivity (Wildman–Crippen MR) is 153 cm³/mol. The fourth-order valence-electron chi connectivity index (χ4n) is 5.98. The number of hydrogen-bond donors (Lipinski definition) is 0. The summed E-state index contributed by atoms with van der Waals surface area (Å²) in [5, 5.41) is 4.78. The Balaban J connectivity index is 1.48. The zero-order chi connectivity index (χ0) is 29.7. The molecule has 1 aromatic carbocycles. The lowest BCUT2D eigenvalue weighted by atomic mass is 9.86. The van der Waals surface area contributed by atoms with Gasteiger partial charge in [0.25, 0.3) is 5.91 Å². The summed E-state index contributed by atoms with van der Waals surface area (Å²) in [6.45, 7) is 14.6. The minimum Gasteiger partial charge on any atom is -0.444 e. The van der Waals surface area contributed by atoms with E-state index in [1.54, 1.807) is 32.6 Å². The van der Waals surface area contributed by atoms with Gasteiger partial charge in [-0.3, -0.25) is 4.79 Å². The van der Waals surface area contributed by atoms with E-state index in [4.69, 9.17) is 19.6 Å². The number of piperazine rings is 1. The lowest BCUT2D eigenvalue weighted by Gasteiger charge is -2.46. The van der Waals surface area contributed by atoms with E-state index in [0.29, 0.717) is 36.7 Å². The van der Waals surface area contributed by atoms with Gasteiger partial charge in [-0.1, -0.05) is 0 Å². The molecule has 1 unspecified atom stereocenters. The maximum absolute atomic E-state index is 13.9. The van der Waals surface area contributed by atoms with Crippen LogP contribution in [0.5, 0.6) is 0 Å². The number of fused-ring (bicyclic) bond motifs is 1. The first kappa shape index (κ1) is 29.0. The van der Waals surface area contributed by atoms with Crippen molar-refractivity contribution < 1.29 is 23.5 Å². The molecule has 0 N–H and O–H groups in total. The van der Waals surface area contributed by atoms with Gasteiger partial charge in [-0.05, 0) is 97.6 Å². The Labute approximate surface area is 240 Å². The van der Waals surface area contributed by atoms with Crippen LogP contribution in [0.25, 0.3) is 16.9 Å². The maximum Gasteiger partial charge on any atom is 0.410 e. The summed E-state index contributed by atoms with van der Waals surface area (Å²) < 4.78 is 26.9. The molecule has 0 spiro atoms. The van der Waals surface area contributed by atoms with Crippen molar-refractivity contribution in [3.8, 4) is 11.3 Å². The number of imidazole rings is 1. The van der Waals surface area contributed by atoms with Crippen molar-refractivity contribution in [3.05, 3.63) is 53.6 Å². The van der Waals surface area contributed by atoms with Gasteiger partial charge in [0.05, 0.1) is 29.6 Å². The van der Waals surface area contributed by atoms with Gasteiger partial charge in [-0.2, -0.15) is 5.10 Å². The monoisotopic (exact) mass is 565 g/mol. The summed E-state index contributed by atoms with van der Waals surface area (Å²) in [6, 6.07) is 8.27. The van der Waals surface area contributed by atoms with Crippen LogP contribution in [-0.2, 0) is 9.47 Å². The molecule has 10 heteroatoms. The first-order chi connectivity index (χ1) is 19.2. The Bertz CT molecular complexity index is 1440. The van der Waals surface area contributed by atoms with Crippen LogP contribution in [0.15, 0.2) is 36.5 Å². The summed E-state index contributed by atoms with van der Waals surface area (Å²) in [5.74, 6) is -0.364. The van der Waals surface area contributed by atoms with Crippen LogP contribution in [0.1, 0.15) is 83.3 Å². The number of hydrogen-bond acceptors (Lipinski definition) is 6. The molecule has 3 atom stereocenters. The average Bonchev–Trinajstić information content (AvgIpc) is 3.30. The Morgan fingerprint density at radius 2 is 1.73 bits per heavy atom. The van der Waals surface area contributed by atoms with Crippen molar-refractivity contribution in [1.82, 2.24) is 24.4 Å². The lowest BCUT2D eigenvalue weighted by molar-refractivity contribution is -0.0378. The SMILES string of the molecule is C[C@@H]1CC(c2cc(-c3ccc(F)cc3)nn3cc(C(=O)N4CCN(C(=O)OC(C)(C)C)CC4(C)C)nc23)C[C@H](C)O1. The summed E-state index contributed by atoms with van der Waals surface area (Å²) in [6.07, 6.45) is 3.11. The number of amides is 2. The zero-order valence-corrected chi connectivity index (χ0v) is 25.0. The minimum absolute atomic E-state index is 0.0874. The van der Waals surface area contributed by atoms with Crippen LogP contribution in [0.4, 0.5) is 9.18 Å². The second-order valence-electron chi connectivity index (χ2n) is 13.0. The van der Waals surface area contributed by atoms with Crippen molar-refractivity contribution >= 4 is 17.6 Å². The third kappa shape index (κ3) is 6.22. The molecule has 3 aromatic rings. The van der Waals surface area contributed by atoms with Gasteiger partial charge in [0.2, 0.25) is 0 Å². The van der Waals surface area contributed by atoms with Crippen molar-refractivity contribution in [1.29, 1.82) is 0 Å². The normalized spacial score (nSPS) is 23.1. The van der Waals surface area contributed by atoms with E-state index in [9.17, 15) is 14.0 Å². The fourth-order valence-corrected chi connectivity index (χ4v) is 5.98.